The summed E-state index contributed by atoms with van der Waals surface area (Å²) in [5.74, 6) is -5.49. The van der Waals surface area contributed by atoms with Crippen molar-refractivity contribution in [3.05, 3.63) is 69.7 Å². The third-order valence-corrected chi connectivity index (χ3v) is 5.02. The lowest BCUT2D eigenvalue weighted by molar-refractivity contribution is -0.189. The van der Waals surface area contributed by atoms with Crippen LogP contribution in [-0.2, 0) is 13.6 Å². The smallest absolute Gasteiger partial charge is 0.425 e. The zero-order chi connectivity index (χ0) is 26.9. The van der Waals surface area contributed by atoms with Crippen LogP contribution in [0.4, 0.5) is 32.0 Å². The average molecular weight is 517 g/mol. The van der Waals surface area contributed by atoms with Crippen LogP contribution >= 0.6 is 0 Å². The van der Waals surface area contributed by atoms with Crippen LogP contribution in [0.15, 0.2) is 35.1 Å². The van der Waals surface area contributed by atoms with Gasteiger partial charge < -0.3 is 15.0 Å². The van der Waals surface area contributed by atoms with Crippen LogP contribution in [0, 0.1) is 17.5 Å². The summed E-state index contributed by atoms with van der Waals surface area (Å²) < 4.78 is 89.2. The van der Waals surface area contributed by atoms with Gasteiger partial charge in [-0.05, 0) is 39.2 Å². The van der Waals surface area contributed by atoms with Crippen molar-refractivity contribution in [1.82, 2.24) is 19.2 Å². The molecule has 1 atom stereocenters. The second-order valence-electron chi connectivity index (χ2n) is 8.06. The number of carbonyl (C=O) groups excluding carboxylic acids is 1. The van der Waals surface area contributed by atoms with Crippen molar-refractivity contribution in [3.63, 3.8) is 0 Å². The number of nitrogens with zero attached hydrogens (tertiary/aromatic N) is 4. The van der Waals surface area contributed by atoms with Gasteiger partial charge in [0.25, 0.3) is 5.91 Å². The van der Waals surface area contributed by atoms with Crippen molar-refractivity contribution in [2.75, 3.05) is 19.4 Å². The number of hydrogen-bond donors (Lipinski definition) is 1. The molecule has 0 fully saturated rings. The lowest BCUT2D eigenvalue weighted by atomic mass is 10.1. The molecule has 3 rings (SSSR count). The summed E-state index contributed by atoms with van der Waals surface area (Å²) in [4.78, 5) is 27.1. The number of para-hydroxylation sites is 1. The standard InChI is InChI=1S/C22H21F6N5O3/c1-11(22(26,27)28)36-17-9-16(33-21(35)32(4)18(30-33)10-31(2)3)15(25)8-12(17)20(34)29-19-13(23)6-5-7-14(19)24/h5-9,11H,10H2,1-4H3,(H,29,34)/t11-/m0/s1. The molecule has 0 aliphatic carbocycles. The van der Waals surface area contributed by atoms with Crippen LogP contribution in [0.2, 0.25) is 0 Å². The van der Waals surface area contributed by atoms with Gasteiger partial charge in [0.15, 0.2) is 6.10 Å². The monoisotopic (exact) mass is 517 g/mol. The van der Waals surface area contributed by atoms with Crippen molar-refractivity contribution < 1.29 is 35.9 Å². The highest BCUT2D eigenvalue weighted by Crippen LogP contribution is 2.31. The lowest BCUT2D eigenvalue weighted by Gasteiger charge is -2.20. The number of anilines is 1. The highest BCUT2D eigenvalue weighted by atomic mass is 19.4. The van der Waals surface area contributed by atoms with Crippen molar-refractivity contribution in [2.24, 2.45) is 7.05 Å². The second-order valence-corrected chi connectivity index (χ2v) is 8.06. The Balaban J connectivity index is 2.14. The molecule has 0 radical (unpaired) electrons. The Morgan fingerprint density at radius 1 is 1.14 bits per heavy atom. The van der Waals surface area contributed by atoms with E-state index >= 15 is 4.39 Å². The fourth-order valence-electron chi connectivity index (χ4n) is 3.09. The van der Waals surface area contributed by atoms with Gasteiger partial charge in [-0.1, -0.05) is 6.07 Å². The van der Waals surface area contributed by atoms with E-state index in [0.29, 0.717) is 23.7 Å². The molecule has 0 unspecified atom stereocenters. The van der Waals surface area contributed by atoms with Crippen LogP contribution in [0.3, 0.4) is 0 Å². The van der Waals surface area contributed by atoms with E-state index in [4.69, 9.17) is 4.74 Å². The van der Waals surface area contributed by atoms with Gasteiger partial charge in [0, 0.05) is 13.1 Å². The van der Waals surface area contributed by atoms with Crippen LogP contribution in [-0.4, -0.2) is 51.5 Å². The van der Waals surface area contributed by atoms with Crippen LogP contribution in [0.1, 0.15) is 23.1 Å². The maximum absolute atomic E-state index is 15.1. The Kier molecular flexibility index (Phi) is 7.48. The van der Waals surface area contributed by atoms with Gasteiger partial charge in [-0.15, -0.1) is 5.10 Å². The van der Waals surface area contributed by atoms with Crippen molar-refractivity contribution >= 4 is 11.6 Å². The molecule has 8 nitrogen and oxygen atoms in total. The minimum Gasteiger partial charge on any atom is -0.480 e. The van der Waals surface area contributed by atoms with E-state index in [1.54, 1.807) is 19.0 Å². The molecule has 0 spiro atoms. The Hall–Kier alpha value is -3.81. The number of aromatic nitrogens is 3. The maximum atomic E-state index is 15.1. The number of hydrogen-bond acceptors (Lipinski definition) is 5. The second kappa shape index (κ2) is 10.0. The maximum Gasteiger partial charge on any atom is 0.425 e. The molecule has 14 heteroatoms. The first-order valence-electron chi connectivity index (χ1n) is 10.3. The van der Waals surface area contributed by atoms with Crippen LogP contribution < -0.4 is 15.7 Å². The summed E-state index contributed by atoms with van der Waals surface area (Å²) in [6, 6.07) is 3.89. The molecule has 0 bridgehead atoms. The molecular formula is C22H21F6N5O3. The van der Waals surface area contributed by atoms with Crippen molar-refractivity contribution in [1.29, 1.82) is 0 Å². The van der Waals surface area contributed by atoms with E-state index in [0.717, 1.165) is 22.8 Å². The topological polar surface area (TPSA) is 81.4 Å². The molecule has 0 aliphatic heterocycles. The zero-order valence-corrected chi connectivity index (χ0v) is 19.5. The van der Waals surface area contributed by atoms with Crippen LogP contribution in [0.5, 0.6) is 5.75 Å². The number of benzene rings is 2. The first-order valence-corrected chi connectivity index (χ1v) is 10.3. The van der Waals surface area contributed by atoms with E-state index in [9.17, 15) is 31.5 Å². The Morgan fingerprint density at radius 3 is 2.31 bits per heavy atom. The van der Waals surface area contributed by atoms with Crippen LogP contribution in [0.25, 0.3) is 5.69 Å². The number of carbonyl (C=O) groups is 1. The zero-order valence-electron chi connectivity index (χ0n) is 19.5. The first-order chi connectivity index (χ1) is 16.7. The molecule has 1 aromatic heterocycles. The van der Waals surface area contributed by atoms with Gasteiger partial charge in [0.05, 0.1) is 12.1 Å². The summed E-state index contributed by atoms with van der Waals surface area (Å²) >= 11 is 0. The minimum absolute atomic E-state index is 0.184. The molecule has 1 N–H and O–H groups in total. The highest BCUT2D eigenvalue weighted by Gasteiger charge is 2.39. The fourth-order valence-corrected chi connectivity index (χ4v) is 3.09. The largest absolute Gasteiger partial charge is 0.480 e. The SMILES string of the molecule is C[C@H](Oc1cc(-n2nc(CN(C)C)n(C)c2=O)c(F)cc1C(=O)Nc1c(F)cccc1F)C(F)(F)F. The third-order valence-electron chi connectivity index (χ3n) is 5.02. The molecule has 3 aromatic rings. The average Bonchev–Trinajstić information content (AvgIpc) is 3.04. The molecule has 2 aromatic carbocycles. The lowest BCUT2D eigenvalue weighted by Crippen LogP contribution is -2.32. The summed E-state index contributed by atoms with van der Waals surface area (Å²) in [5, 5.41) is 5.89. The van der Waals surface area contributed by atoms with E-state index in [1.165, 1.54) is 7.05 Å². The van der Waals surface area contributed by atoms with Gasteiger partial charge in [0.2, 0.25) is 0 Å². The van der Waals surface area contributed by atoms with Gasteiger partial charge >= 0.3 is 11.9 Å². The first kappa shape index (κ1) is 26.8. The number of amides is 1. The van der Waals surface area contributed by atoms with Gasteiger partial charge in [-0.2, -0.15) is 17.9 Å². The number of ether oxygens (including phenoxy) is 1. The van der Waals surface area contributed by atoms with Gasteiger partial charge in [0.1, 0.15) is 40.4 Å². The van der Waals surface area contributed by atoms with E-state index in [1.807, 2.05) is 5.32 Å². The van der Waals surface area contributed by atoms with Gasteiger partial charge in [-0.3, -0.25) is 9.36 Å². The van der Waals surface area contributed by atoms with E-state index < -0.39 is 64.0 Å². The molecule has 1 heterocycles. The van der Waals surface area contributed by atoms with Crippen molar-refractivity contribution in [2.45, 2.75) is 25.7 Å². The third kappa shape index (κ3) is 5.53. The molecule has 0 aliphatic rings. The molecule has 194 valence electrons. The number of halogens is 6. The number of rotatable bonds is 7. The van der Waals surface area contributed by atoms with E-state index in [2.05, 4.69) is 5.10 Å². The highest BCUT2D eigenvalue weighted by molar-refractivity contribution is 6.06. The quantitative estimate of drug-likeness (QED) is 0.485. The Labute approximate surface area is 200 Å². The predicted molar refractivity (Wildman–Crippen MR) is 117 cm³/mol. The van der Waals surface area contributed by atoms with Crippen molar-refractivity contribution in [3.8, 4) is 11.4 Å². The summed E-state index contributed by atoms with van der Waals surface area (Å²) in [7, 11) is 4.76. The molecule has 36 heavy (non-hydrogen) atoms. The fraction of sp³-hybridized carbons (Fsp3) is 0.318. The molecule has 0 saturated heterocycles. The Bertz CT molecular complexity index is 1330. The van der Waals surface area contributed by atoms with E-state index in [-0.39, 0.29) is 12.4 Å². The molecule has 0 saturated carbocycles. The Morgan fingerprint density at radius 2 is 1.75 bits per heavy atom. The normalized spacial score (nSPS) is 12.6. The van der Waals surface area contributed by atoms with Gasteiger partial charge in [-0.25, -0.2) is 18.0 Å². The summed E-state index contributed by atoms with van der Waals surface area (Å²) in [6.45, 7) is 0.826. The summed E-state index contributed by atoms with van der Waals surface area (Å²) in [6.07, 6.45) is -7.34. The number of alkyl halides is 3. The summed E-state index contributed by atoms with van der Waals surface area (Å²) in [5.41, 5.74) is -3.10. The molecular weight excluding hydrogens is 496 g/mol. The predicted octanol–water partition coefficient (Wildman–Crippen LogP) is 3.63. The minimum atomic E-state index is -4.87. The molecule has 1 amide bonds. The number of nitrogens with one attached hydrogen (secondary N) is 1.